The van der Waals surface area contributed by atoms with Gasteiger partial charge in [0.05, 0.1) is 0 Å². The van der Waals surface area contributed by atoms with Crippen LogP contribution in [0.3, 0.4) is 0 Å². The molecule has 0 aliphatic heterocycles. The summed E-state index contributed by atoms with van der Waals surface area (Å²) in [6.07, 6.45) is 0.187. The summed E-state index contributed by atoms with van der Waals surface area (Å²) in [6.45, 7) is 0. The van der Waals surface area contributed by atoms with Gasteiger partial charge in [0, 0.05) is 0 Å². The summed E-state index contributed by atoms with van der Waals surface area (Å²) in [5, 5.41) is -3.11. The smallest absolute Gasteiger partial charge is 0.225 e. The van der Waals surface area contributed by atoms with Gasteiger partial charge in [0.15, 0.2) is 10.8 Å². The third-order valence-corrected chi connectivity index (χ3v) is 1.58. The van der Waals surface area contributed by atoms with E-state index in [-0.39, 0.29) is 12.6 Å². The van der Waals surface area contributed by atoms with Gasteiger partial charge in [-0.3, -0.25) is 9.59 Å². The summed E-state index contributed by atoms with van der Waals surface area (Å²) in [4.78, 5) is 41.3. The van der Waals surface area contributed by atoms with Crippen LogP contribution in [-0.4, -0.2) is 34.9 Å². The van der Waals surface area contributed by atoms with Crippen LogP contribution in [0.5, 0.6) is 0 Å². The van der Waals surface area contributed by atoms with Crippen molar-refractivity contribution in [3.05, 3.63) is 0 Å². The van der Waals surface area contributed by atoms with Gasteiger partial charge in [-0.15, -0.1) is 23.2 Å². The number of ketones is 2. The lowest BCUT2D eigenvalue weighted by atomic mass is 10.1. The van der Waals surface area contributed by atoms with Gasteiger partial charge >= 0.3 is 0 Å². The number of aldehydes is 2. The molecule has 0 rings (SSSR count). The molecule has 0 aliphatic rings. The van der Waals surface area contributed by atoms with Crippen LogP contribution in [0.1, 0.15) is 0 Å². The van der Waals surface area contributed by atoms with Crippen molar-refractivity contribution in [2.45, 2.75) is 10.8 Å². The highest BCUT2D eigenvalue weighted by molar-refractivity contribution is 6.61. The predicted molar refractivity (Wildman–Crippen MR) is 41.4 cm³/mol. The Balaban J connectivity index is 4.39. The van der Waals surface area contributed by atoms with Crippen molar-refractivity contribution in [3.8, 4) is 0 Å². The first-order valence-corrected chi connectivity index (χ1v) is 3.68. The molecule has 6 heteroatoms. The van der Waals surface area contributed by atoms with Crippen LogP contribution in [0.4, 0.5) is 0 Å². The van der Waals surface area contributed by atoms with E-state index in [2.05, 4.69) is 0 Å². The Labute approximate surface area is 77.8 Å². The molecule has 0 fully saturated rings. The Kier molecular flexibility index (Phi) is 4.70. The fraction of sp³-hybridized carbons (Fsp3) is 0.333. The molecule has 0 saturated heterocycles. The molecular formula is C6H4Cl2O4. The molecule has 0 heterocycles. The molecule has 0 spiro atoms. The van der Waals surface area contributed by atoms with Gasteiger partial charge in [-0.25, -0.2) is 0 Å². The minimum atomic E-state index is -1.56. The maximum absolute atomic E-state index is 10.7. The summed E-state index contributed by atoms with van der Waals surface area (Å²) < 4.78 is 0. The average Bonchev–Trinajstić information content (AvgIpc) is 2.12. The number of hydrogen-bond acceptors (Lipinski definition) is 4. The summed E-state index contributed by atoms with van der Waals surface area (Å²) in [6, 6.07) is 0. The van der Waals surface area contributed by atoms with Crippen LogP contribution < -0.4 is 0 Å². The molecule has 0 saturated carbocycles. The average molecular weight is 211 g/mol. The van der Waals surface area contributed by atoms with E-state index in [0.29, 0.717) is 0 Å². The fourth-order valence-corrected chi connectivity index (χ4v) is 0.610. The number of carbonyl (C=O) groups is 4. The largest absolute Gasteiger partial charge is 0.301 e. The van der Waals surface area contributed by atoms with Gasteiger partial charge < -0.3 is 9.59 Å². The second kappa shape index (κ2) is 5.00. The van der Waals surface area contributed by atoms with E-state index < -0.39 is 22.3 Å². The zero-order chi connectivity index (χ0) is 9.72. The maximum Gasteiger partial charge on any atom is 0.225 e. The highest BCUT2D eigenvalue weighted by Gasteiger charge is 2.28. The van der Waals surface area contributed by atoms with Crippen LogP contribution >= 0.6 is 23.2 Å². The monoisotopic (exact) mass is 210 g/mol. The molecule has 2 atom stereocenters. The number of hydrogen-bond donors (Lipinski definition) is 0. The summed E-state index contributed by atoms with van der Waals surface area (Å²) in [5.74, 6) is -2.34. The summed E-state index contributed by atoms with van der Waals surface area (Å²) >= 11 is 10.2. The molecular weight excluding hydrogens is 207 g/mol. The van der Waals surface area contributed by atoms with Crippen molar-refractivity contribution in [3.63, 3.8) is 0 Å². The van der Waals surface area contributed by atoms with Crippen LogP contribution in [0, 0.1) is 0 Å². The standard InChI is InChI=1S/C6H4Cl2O4/c7-3(1-9)5(11)6(12)4(8)2-10/h1-4H. The molecule has 4 nitrogen and oxygen atoms in total. The normalized spacial score (nSPS) is 14.5. The summed E-state index contributed by atoms with van der Waals surface area (Å²) in [5.41, 5.74) is 0. The molecule has 0 aliphatic carbocycles. The van der Waals surface area contributed by atoms with Crippen LogP contribution in [-0.2, 0) is 19.2 Å². The van der Waals surface area contributed by atoms with Crippen LogP contribution in [0.25, 0.3) is 0 Å². The number of rotatable bonds is 5. The Bertz CT molecular complexity index is 202. The number of carbonyl (C=O) groups excluding carboxylic acids is 4. The molecule has 66 valence electrons. The Morgan fingerprint density at radius 2 is 1.17 bits per heavy atom. The molecule has 0 aromatic rings. The first-order valence-electron chi connectivity index (χ1n) is 2.81. The van der Waals surface area contributed by atoms with E-state index in [1.54, 1.807) is 0 Å². The second-order valence-corrected chi connectivity index (χ2v) is 2.74. The maximum atomic E-state index is 10.7. The second-order valence-electron chi connectivity index (χ2n) is 1.80. The predicted octanol–water partition coefficient (Wildman–Crippen LogP) is -0.263. The Morgan fingerprint density at radius 3 is 1.33 bits per heavy atom. The van der Waals surface area contributed by atoms with E-state index >= 15 is 0 Å². The zero-order valence-corrected chi connectivity index (χ0v) is 7.21. The first-order chi connectivity index (χ1) is 5.54. The van der Waals surface area contributed by atoms with Gasteiger partial charge in [0.25, 0.3) is 0 Å². The number of halogens is 2. The first kappa shape index (κ1) is 11.3. The zero-order valence-electron chi connectivity index (χ0n) is 5.70. The van der Waals surface area contributed by atoms with Crippen molar-refractivity contribution >= 4 is 47.3 Å². The van der Waals surface area contributed by atoms with E-state index in [1.807, 2.05) is 0 Å². The van der Waals surface area contributed by atoms with Crippen LogP contribution in [0.2, 0.25) is 0 Å². The van der Waals surface area contributed by atoms with E-state index in [9.17, 15) is 19.2 Å². The highest BCUT2D eigenvalue weighted by Crippen LogP contribution is 2.01. The quantitative estimate of drug-likeness (QED) is 0.272. The van der Waals surface area contributed by atoms with Gasteiger partial charge in [0.2, 0.25) is 11.6 Å². The molecule has 12 heavy (non-hydrogen) atoms. The lowest BCUT2D eigenvalue weighted by molar-refractivity contribution is -0.137. The van der Waals surface area contributed by atoms with Gasteiger partial charge in [-0.05, 0) is 0 Å². The molecule has 0 aromatic carbocycles. The van der Waals surface area contributed by atoms with E-state index in [1.165, 1.54) is 0 Å². The third-order valence-electron chi connectivity index (χ3n) is 0.983. The van der Waals surface area contributed by atoms with Crippen molar-refractivity contribution in [1.29, 1.82) is 0 Å². The molecule has 0 radical (unpaired) electrons. The highest BCUT2D eigenvalue weighted by atomic mass is 35.5. The minimum Gasteiger partial charge on any atom is -0.301 e. The number of alkyl halides is 2. The summed E-state index contributed by atoms with van der Waals surface area (Å²) in [7, 11) is 0. The number of Topliss-reactive ketones (excluding diaryl/α,β-unsaturated/α-hetero) is 2. The van der Waals surface area contributed by atoms with Crippen molar-refractivity contribution < 1.29 is 19.2 Å². The topological polar surface area (TPSA) is 68.3 Å². The van der Waals surface area contributed by atoms with Crippen molar-refractivity contribution in [2.75, 3.05) is 0 Å². The molecule has 2 unspecified atom stereocenters. The molecule has 0 bridgehead atoms. The van der Waals surface area contributed by atoms with Gasteiger partial charge in [0.1, 0.15) is 12.6 Å². The van der Waals surface area contributed by atoms with E-state index in [4.69, 9.17) is 23.2 Å². The SMILES string of the molecule is O=CC(Cl)C(=O)C(=O)C(Cl)C=O. The minimum absolute atomic E-state index is 0.0935. The Hall–Kier alpha value is -0.740. The van der Waals surface area contributed by atoms with E-state index in [0.717, 1.165) is 0 Å². The van der Waals surface area contributed by atoms with Gasteiger partial charge in [-0.2, -0.15) is 0 Å². The van der Waals surface area contributed by atoms with Crippen LogP contribution in [0.15, 0.2) is 0 Å². The fourth-order valence-electron chi connectivity index (χ4n) is 0.395. The third kappa shape index (κ3) is 2.71. The lowest BCUT2D eigenvalue weighted by Crippen LogP contribution is -2.32. The Morgan fingerprint density at radius 1 is 0.917 bits per heavy atom. The van der Waals surface area contributed by atoms with Crippen molar-refractivity contribution in [1.82, 2.24) is 0 Å². The van der Waals surface area contributed by atoms with Gasteiger partial charge in [-0.1, -0.05) is 0 Å². The molecule has 0 aromatic heterocycles. The molecule has 0 N–H and O–H groups in total. The van der Waals surface area contributed by atoms with Crippen molar-refractivity contribution in [2.24, 2.45) is 0 Å². The lowest BCUT2D eigenvalue weighted by Gasteiger charge is -1.99. The molecule has 0 amide bonds.